The number of nitrogens with zero attached hydrogens (tertiary/aromatic N) is 4. The van der Waals surface area contributed by atoms with Gasteiger partial charge in [0.1, 0.15) is 5.01 Å². The molecule has 108 valence electrons. The molecule has 21 heavy (non-hydrogen) atoms. The van der Waals surface area contributed by atoms with Gasteiger partial charge in [-0.1, -0.05) is 29.9 Å². The van der Waals surface area contributed by atoms with Gasteiger partial charge in [0.25, 0.3) is 0 Å². The molecule has 3 aromatic rings. The lowest BCUT2D eigenvalue weighted by Gasteiger charge is -2.22. The molecule has 0 amide bonds. The number of hydrogen-bond acceptors (Lipinski definition) is 5. The molecule has 1 aromatic carbocycles. The van der Waals surface area contributed by atoms with E-state index in [0.717, 1.165) is 34.3 Å². The van der Waals surface area contributed by atoms with E-state index in [1.54, 1.807) is 11.3 Å². The molecule has 1 saturated carbocycles. The second-order valence-corrected chi connectivity index (χ2v) is 6.66. The largest absolute Gasteiger partial charge is 0.399 e. The Hall–Kier alpha value is -1.95. The molecular formula is C15H17N5S. The Morgan fingerprint density at radius 2 is 2.14 bits per heavy atom. The van der Waals surface area contributed by atoms with Crippen LogP contribution in [-0.2, 0) is 12.8 Å². The molecule has 2 heterocycles. The Labute approximate surface area is 126 Å². The van der Waals surface area contributed by atoms with Gasteiger partial charge in [-0.15, -0.1) is 10.2 Å². The first-order valence-electron chi connectivity index (χ1n) is 7.35. The number of nitrogen functional groups attached to an aromatic ring is 1. The number of hydrogen-bond donors (Lipinski definition) is 1. The minimum Gasteiger partial charge on any atom is -0.399 e. The summed E-state index contributed by atoms with van der Waals surface area (Å²) in [6, 6.07) is 8.05. The fourth-order valence-corrected chi connectivity index (χ4v) is 3.53. The molecular weight excluding hydrogens is 282 g/mol. The lowest BCUT2D eigenvalue weighted by Crippen LogP contribution is -2.13. The molecule has 5 nitrogen and oxygen atoms in total. The van der Waals surface area contributed by atoms with Crippen LogP contribution in [0.5, 0.6) is 0 Å². The summed E-state index contributed by atoms with van der Waals surface area (Å²) in [5, 5.41) is 14.4. The standard InChI is InChI=1S/C15H17N5S/c16-12-6-1-3-10(9-12)7-8-13-19-20-14(11-4-2-5-11)17-18-15(20)21-13/h1,3,6,9,11H,2,4-5,7-8,16H2. The highest BCUT2D eigenvalue weighted by atomic mass is 32.1. The Kier molecular flexibility index (Phi) is 3.11. The van der Waals surface area contributed by atoms with Crippen molar-refractivity contribution in [3.05, 3.63) is 40.7 Å². The number of fused-ring (bicyclic) bond motifs is 1. The van der Waals surface area contributed by atoms with E-state index in [9.17, 15) is 0 Å². The highest BCUT2D eigenvalue weighted by Gasteiger charge is 2.26. The normalized spacial score (nSPS) is 15.4. The highest BCUT2D eigenvalue weighted by Crippen LogP contribution is 2.35. The molecule has 1 fully saturated rings. The number of nitrogens with two attached hydrogens (primary N) is 1. The van der Waals surface area contributed by atoms with Crippen molar-refractivity contribution >= 4 is 22.0 Å². The van der Waals surface area contributed by atoms with Gasteiger partial charge in [-0.25, -0.2) is 0 Å². The van der Waals surface area contributed by atoms with Crippen molar-refractivity contribution in [3.8, 4) is 0 Å². The van der Waals surface area contributed by atoms with E-state index < -0.39 is 0 Å². The van der Waals surface area contributed by atoms with Crippen LogP contribution >= 0.6 is 11.3 Å². The third kappa shape index (κ3) is 2.40. The van der Waals surface area contributed by atoms with Crippen molar-refractivity contribution < 1.29 is 0 Å². The van der Waals surface area contributed by atoms with E-state index in [2.05, 4.69) is 16.3 Å². The molecule has 0 saturated heterocycles. The van der Waals surface area contributed by atoms with Crippen molar-refractivity contribution in [2.24, 2.45) is 0 Å². The molecule has 0 aliphatic heterocycles. The summed E-state index contributed by atoms with van der Waals surface area (Å²) in [7, 11) is 0. The summed E-state index contributed by atoms with van der Waals surface area (Å²) in [6.45, 7) is 0. The summed E-state index contributed by atoms with van der Waals surface area (Å²) in [6.07, 6.45) is 5.61. The van der Waals surface area contributed by atoms with E-state index in [1.807, 2.05) is 22.7 Å². The first-order chi connectivity index (χ1) is 10.3. The zero-order chi connectivity index (χ0) is 14.2. The molecule has 0 atom stereocenters. The van der Waals surface area contributed by atoms with Crippen LogP contribution < -0.4 is 5.73 Å². The van der Waals surface area contributed by atoms with Gasteiger partial charge >= 0.3 is 0 Å². The van der Waals surface area contributed by atoms with Crippen LogP contribution in [-0.4, -0.2) is 19.8 Å². The second-order valence-electron chi connectivity index (χ2n) is 5.62. The zero-order valence-corrected chi connectivity index (χ0v) is 12.5. The van der Waals surface area contributed by atoms with Gasteiger partial charge in [-0.2, -0.15) is 9.61 Å². The maximum atomic E-state index is 5.81. The van der Waals surface area contributed by atoms with E-state index >= 15 is 0 Å². The lowest BCUT2D eigenvalue weighted by molar-refractivity contribution is 0.395. The molecule has 0 radical (unpaired) electrons. The summed E-state index contributed by atoms with van der Waals surface area (Å²) >= 11 is 1.64. The van der Waals surface area contributed by atoms with Crippen molar-refractivity contribution in [1.29, 1.82) is 0 Å². The van der Waals surface area contributed by atoms with E-state index in [1.165, 1.54) is 24.8 Å². The van der Waals surface area contributed by atoms with E-state index in [4.69, 9.17) is 10.8 Å². The number of benzene rings is 1. The molecule has 4 rings (SSSR count). The fraction of sp³-hybridized carbons (Fsp3) is 0.400. The third-order valence-corrected chi connectivity index (χ3v) is 5.06. The van der Waals surface area contributed by atoms with E-state index in [-0.39, 0.29) is 0 Å². The van der Waals surface area contributed by atoms with Crippen molar-refractivity contribution in [2.75, 3.05) is 5.73 Å². The van der Waals surface area contributed by atoms with Gasteiger partial charge in [0.15, 0.2) is 5.82 Å². The first kappa shape index (κ1) is 12.8. The van der Waals surface area contributed by atoms with Crippen molar-refractivity contribution in [1.82, 2.24) is 19.8 Å². The van der Waals surface area contributed by atoms with Crippen LogP contribution in [0.15, 0.2) is 24.3 Å². The maximum absolute atomic E-state index is 5.81. The molecule has 6 heteroatoms. The van der Waals surface area contributed by atoms with Crippen LogP contribution in [0.2, 0.25) is 0 Å². The summed E-state index contributed by atoms with van der Waals surface area (Å²) in [4.78, 5) is 0.916. The van der Waals surface area contributed by atoms with Crippen LogP contribution in [0, 0.1) is 0 Å². The number of aromatic nitrogens is 4. The smallest absolute Gasteiger partial charge is 0.234 e. The quantitative estimate of drug-likeness (QED) is 0.752. The van der Waals surface area contributed by atoms with Crippen LogP contribution in [0.3, 0.4) is 0 Å². The molecule has 0 spiro atoms. The van der Waals surface area contributed by atoms with Gasteiger partial charge < -0.3 is 5.73 Å². The third-order valence-electron chi connectivity index (χ3n) is 4.11. The predicted molar refractivity (Wildman–Crippen MR) is 83.5 cm³/mol. The molecule has 2 aromatic heterocycles. The summed E-state index contributed by atoms with van der Waals surface area (Å²) in [5.74, 6) is 1.60. The average molecular weight is 299 g/mol. The molecule has 1 aliphatic carbocycles. The topological polar surface area (TPSA) is 69.1 Å². The summed E-state index contributed by atoms with van der Waals surface area (Å²) < 4.78 is 1.95. The molecule has 0 bridgehead atoms. The molecule has 0 unspecified atom stereocenters. The Balaban J connectivity index is 1.52. The van der Waals surface area contributed by atoms with Gasteiger partial charge in [0.2, 0.25) is 4.96 Å². The highest BCUT2D eigenvalue weighted by molar-refractivity contribution is 7.16. The molecule has 1 aliphatic rings. The number of rotatable bonds is 4. The monoisotopic (exact) mass is 299 g/mol. The number of aryl methyl sites for hydroxylation is 2. The summed E-state index contributed by atoms with van der Waals surface area (Å²) in [5.41, 5.74) is 7.88. The maximum Gasteiger partial charge on any atom is 0.234 e. The minimum atomic E-state index is 0.559. The van der Waals surface area contributed by atoms with Gasteiger partial charge in [-0.05, 0) is 37.0 Å². The Bertz CT molecular complexity index is 771. The van der Waals surface area contributed by atoms with Crippen LogP contribution in [0.25, 0.3) is 4.96 Å². The Morgan fingerprint density at radius 3 is 2.90 bits per heavy atom. The molecule has 2 N–H and O–H groups in total. The first-order valence-corrected chi connectivity index (χ1v) is 8.17. The fourth-order valence-electron chi connectivity index (χ4n) is 2.69. The lowest BCUT2D eigenvalue weighted by atomic mass is 9.85. The zero-order valence-electron chi connectivity index (χ0n) is 11.7. The minimum absolute atomic E-state index is 0.559. The Morgan fingerprint density at radius 1 is 1.24 bits per heavy atom. The van der Waals surface area contributed by atoms with Gasteiger partial charge in [0, 0.05) is 18.0 Å². The van der Waals surface area contributed by atoms with Crippen LogP contribution in [0.4, 0.5) is 5.69 Å². The number of anilines is 1. The van der Waals surface area contributed by atoms with Gasteiger partial charge in [-0.3, -0.25) is 0 Å². The second kappa shape index (κ2) is 5.11. The van der Waals surface area contributed by atoms with Gasteiger partial charge in [0.05, 0.1) is 0 Å². The van der Waals surface area contributed by atoms with Crippen molar-refractivity contribution in [2.45, 2.75) is 38.0 Å². The van der Waals surface area contributed by atoms with Crippen LogP contribution in [0.1, 0.15) is 41.6 Å². The van der Waals surface area contributed by atoms with Crippen molar-refractivity contribution in [3.63, 3.8) is 0 Å². The predicted octanol–water partition coefficient (Wildman–Crippen LogP) is 2.82. The van der Waals surface area contributed by atoms with E-state index in [0.29, 0.717) is 5.92 Å². The SMILES string of the molecule is Nc1cccc(CCc2nn3c(C4CCC4)nnc3s2)c1. The average Bonchev–Trinajstić information content (AvgIpc) is 2.96.